The van der Waals surface area contributed by atoms with Crippen molar-refractivity contribution in [2.24, 2.45) is 5.73 Å². The fourth-order valence-electron chi connectivity index (χ4n) is 2.44. The van der Waals surface area contributed by atoms with E-state index in [1.807, 2.05) is 20.2 Å². The summed E-state index contributed by atoms with van der Waals surface area (Å²) >= 11 is 1.10. The number of nitrogens with two attached hydrogens (primary N) is 1. The summed E-state index contributed by atoms with van der Waals surface area (Å²) in [5, 5.41) is 0. The quantitative estimate of drug-likeness (QED) is 0.839. The van der Waals surface area contributed by atoms with Gasteiger partial charge in [-0.05, 0) is 20.2 Å². The predicted molar refractivity (Wildman–Crippen MR) is 70.3 cm³/mol. The molecule has 18 heavy (non-hydrogen) atoms. The van der Waals surface area contributed by atoms with Gasteiger partial charge in [0.1, 0.15) is 12.4 Å². The van der Waals surface area contributed by atoms with Crippen molar-refractivity contribution in [3.63, 3.8) is 0 Å². The summed E-state index contributed by atoms with van der Waals surface area (Å²) in [4.78, 5) is 13.0. The first-order chi connectivity index (χ1) is 8.56. The van der Waals surface area contributed by atoms with Gasteiger partial charge in [0, 0.05) is 11.6 Å². The van der Waals surface area contributed by atoms with Crippen molar-refractivity contribution in [1.29, 1.82) is 0 Å². The van der Waals surface area contributed by atoms with Gasteiger partial charge in [-0.2, -0.15) is 0 Å². The lowest BCUT2D eigenvalue weighted by molar-refractivity contribution is 0.162. The van der Waals surface area contributed by atoms with Gasteiger partial charge in [0.2, 0.25) is 0 Å². The molecule has 0 bridgehead atoms. The van der Waals surface area contributed by atoms with E-state index in [4.69, 9.17) is 14.9 Å². The maximum absolute atomic E-state index is 11.3. The van der Waals surface area contributed by atoms with Crippen molar-refractivity contribution in [2.45, 2.75) is 12.1 Å². The highest BCUT2D eigenvalue weighted by Crippen LogP contribution is 2.37. The Morgan fingerprint density at radius 3 is 2.94 bits per heavy atom. The van der Waals surface area contributed by atoms with E-state index in [0.717, 1.165) is 27.3 Å². The Labute approximate surface area is 108 Å². The Morgan fingerprint density at radius 2 is 2.22 bits per heavy atom. The Morgan fingerprint density at radius 1 is 1.44 bits per heavy atom. The van der Waals surface area contributed by atoms with E-state index in [2.05, 4.69) is 4.90 Å². The third kappa shape index (κ3) is 1.73. The molecular formula is C12H14N2O3S. The molecule has 1 aliphatic rings. The van der Waals surface area contributed by atoms with Crippen LogP contribution in [0.15, 0.2) is 21.3 Å². The van der Waals surface area contributed by atoms with Gasteiger partial charge in [-0.15, -0.1) is 0 Å². The molecule has 0 radical (unpaired) electrons. The molecule has 3 rings (SSSR count). The van der Waals surface area contributed by atoms with Gasteiger partial charge in [0.05, 0.1) is 16.8 Å². The van der Waals surface area contributed by atoms with Gasteiger partial charge in [-0.1, -0.05) is 11.3 Å². The first kappa shape index (κ1) is 11.7. The Balaban J connectivity index is 2.22. The number of likely N-dealkylation sites (N-methyl/N-ethyl adjacent to an activating group) is 1. The third-order valence-electron chi connectivity index (χ3n) is 3.17. The molecule has 0 fully saturated rings. The van der Waals surface area contributed by atoms with Gasteiger partial charge in [0.25, 0.3) is 0 Å². The van der Waals surface area contributed by atoms with Gasteiger partial charge >= 0.3 is 4.94 Å². The second-order valence-electron chi connectivity index (χ2n) is 4.67. The van der Waals surface area contributed by atoms with Crippen LogP contribution in [-0.2, 0) is 0 Å². The van der Waals surface area contributed by atoms with Crippen LogP contribution >= 0.6 is 11.3 Å². The lowest BCUT2D eigenvalue weighted by Gasteiger charge is -2.35. The molecule has 0 amide bonds. The van der Waals surface area contributed by atoms with Crippen molar-refractivity contribution >= 4 is 21.6 Å². The first-order valence-corrected chi connectivity index (χ1v) is 6.50. The van der Waals surface area contributed by atoms with Gasteiger partial charge < -0.3 is 19.8 Å². The zero-order valence-corrected chi connectivity index (χ0v) is 11.0. The van der Waals surface area contributed by atoms with Crippen LogP contribution in [0.1, 0.15) is 11.6 Å². The first-order valence-electron chi connectivity index (χ1n) is 5.68. The minimum atomic E-state index is -0.293. The second kappa shape index (κ2) is 4.08. The minimum absolute atomic E-state index is 0.0754. The molecule has 1 aromatic carbocycles. The lowest BCUT2D eigenvalue weighted by atomic mass is 9.96. The maximum atomic E-state index is 11.3. The molecule has 1 aliphatic heterocycles. The second-order valence-corrected chi connectivity index (χ2v) is 5.65. The molecule has 2 aromatic rings. The van der Waals surface area contributed by atoms with Crippen molar-refractivity contribution in [2.75, 3.05) is 20.7 Å². The summed E-state index contributed by atoms with van der Waals surface area (Å²) < 4.78 is 11.6. The van der Waals surface area contributed by atoms with Gasteiger partial charge in [0.15, 0.2) is 5.58 Å². The summed E-state index contributed by atoms with van der Waals surface area (Å²) in [6.45, 7) is 0.468. The topological polar surface area (TPSA) is 68.7 Å². The summed E-state index contributed by atoms with van der Waals surface area (Å²) in [5.41, 5.74) is 7.69. The van der Waals surface area contributed by atoms with E-state index in [-0.39, 0.29) is 17.0 Å². The van der Waals surface area contributed by atoms with E-state index < -0.39 is 0 Å². The molecule has 0 spiro atoms. The van der Waals surface area contributed by atoms with Crippen molar-refractivity contribution in [3.8, 4) is 5.75 Å². The molecule has 6 heteroatoms. The van der Waals surface area contributed by atoms with Crippen LogP contribution in [-0.4, -0.2) is 31.6 Å². The standard InChI is InChI=1S/C12H14N2O3S/c1-14(2)11-6-3-10-9(17-12(15)18-10)4-8(6)16-5-7(11)13/h3-4,7,11H,5,13H2,1-2H3. The molecule has 2 heterocycles. The normalized spacial score (nSPS) is 23.1. The van der Waals surface area contributed by atoms with E-state index in [1.54, 1.807) is 6.07 Å². The maximum Gasteiger partial charge on any atom is 0.396 e. The summed E-state index contributed by atoms with van der Waals surface area (Å²) in [5.74, 6) is 0.754. The third-order valence-corrected chi connectivity index (χ3v) is 3.96. The smallest absolute Gasteiger partial charge is 0.396 e. The summed E-state index contributed by atoms with van der Waals surface area (Å²) in [7, 11) is 3.98. The number of fused-ring (bicyclic) bond motifs is 2. The zero-order chi connectivity index (χ0) is 12.9. The molecule has 5 nitrogen and oxygen atoms in total. The van der Waals surface area contributed by atoms with Crippen LogP contribution in [0.5, 0.6) is 5.75 Å². The molecule has 2 atom stereocenters. The van der Waals surface area contributed by atoms with Crippen LogP contribution in [0.25, 0.3) is 10.3 Å². The van der Waals surface area contributed by atoms with E-state index in [0.29, 0.717) is 12.2 Å². The fraction of sp³-hybridized carbons (Fsp3) is 0.417. The van der Waals surface area contributed by atoms with Gasteiger partial charge in [-0.3, -0.25) is 0 Å². The highest BCUT2D eigenvalue weighted by molar-refractivity contribution is 7.16. The molecule has 96 valence electrons. The van der Waals surface area contributed by atoms with Crippen LogP contribution < -0.4 is 15.4 Å². The monoisotopic (exact) mass is 266 g/mol. The number of hydrogen-bond donors (Lipinski definition) is 1. The molecular weight excluding hydrogens is 252 g/mol. The number of nitrogens with zero attached hydrogens (tertiary/aromatic N) is 1. The van der Waals surface area contributed by atoms with Crippen molar-refractivity contribution in [1.82, 2.24) is 4.90 Å². The van der Waals surface area contributed by atoms with Crippen molar-refractivity contribution in [3.05, 3.63) is 27.4 Å². The average molecular weight is 266 g/mol. The van der Waals surface area contributed by atoms with E-state index in [1.165, 1.54) is 0 Å². The molecule has 1 aromatic heterocycles. The summed E-state index contributed by atoms with van der Waals surface area (Å²) in [6, 6.07) is 3.75. The molecule has 0 saturated carbocycles. The van der Waals surface area contributed by atoms with E-state index in [9.17, 15) is 4.79 Å². The average Bonchev–Trinajstić information content (AvgIpc) is 2.64. The SMILES string of the molecule is CN(C)C1c2cc3sc(=O)oc3cc2OCC1N. The molecule has 0 saturated heterocycles. The largest absolute Gasteiger partial charge is 0.491 e. The van der Waals surface area contributed by atoms with Crippen LogP contribution in [0.3, 0.4) is 0 Å². The Kier molecular flexibility index (Phi) is 2.65. The number of benzene rings is 1. The van der Waals surface area contributed by atoms with E-state index >= 15 is 0 Å². The number of rotatable bonds is 1. The minimum Gasteiger partial charge on any atom is -0.491 e. The highest BCUT2D eigenvalue weighted by atomic mass is 32.1. The Bertz CT molecular complexity index is 646. The number of hydrogen-bond acceptors (Lipinski definition) is 6. The fourth-order valence-corrected chi connectivity index (χ4v) is 3.14. The van der Waals surface area contributed by atoms with Crippen LogP contribution in [0.4, 0.5) is 0 Å². The predicted octanol–water partition coefficient (Wildman–Crippen LogP) is 1.18. The van der Waals surface area contributed by atoms with Gasteiger partial charge in [-0.25, -0.2) is 4.79 Å². The molecule has 2 unspecified atom stereocenters. The summed E-state index contributed by atoms with van der Waals surface area (Å²) in [6.07, 6.45) is 0. The molecule has 2 N–H and O–H groups in total. The Hall–Kier alpha value is -1.37. The van der Waals surface area contributed by atoms with Crippen LogP contribution in [0, 0.1) is 0 Å². The number of ether oxygens (including phenoxy) is 1. The zero-order valence-electron chi connectivity index (χ0n) is 10.2. The lowest BCUT2D eigenvalue weighted by Crippen LogP contribution is -2.44. The van der Waals surface area contributed by atoms with Crippen molar-refractivity contribution < 1.29 is 9.15 Å². The highest BCUT2D eigenvalue weighted by Gasteiger charge is 2.31. The molecule has 0 aliphatic carbocycles. The van der Waals surface area contributed by atoms with Crippen LogP contribution in [0.2, 0.25) is 0 Å².